The predicted octanol–water partition coefficient (Wildman–Crippen LogP) is 5.89. The number of amides is 4. The fourth-order valence-corrected chi connectivity index (χ4v) is 8.10. The molecule has 0 aliphatic carbocycles. The van der Waals surface area contributed by atoms with Crippen LogP contribution in [-0.4, -0.2) is 107 Å². The van der Waals surface area contributed by atoms with Crippen LogP contribution in [0, 0.1) is 11.8 Å². The normalized spacial score (nSPS) is 20.7. The standard InChI is InChI=1S/C42H53N7O9/c1-23(2)34(46-41(52)54-5)39(50)48-14-7-9-31(48)38-43-20-33(58-38)27-12-10-26-18-28(13-11-25(26)17-27)36-30-22-56-15-8-16-57-29-19-32(37(44-30)45-36)49(21-29)40(51)35(24(3)4)47-42(53)55-6/h10-13,17-18,20,23-24,29,31-32,34-35H,7-9,14-16,19,21-22H2,1-6H3,(H,44,45)(H,46,52)(H,47,53)/t29-,31-,32-,34+,35-/m0/s1. The summed E-state index contributed by atoms with van der Waals surface area (Å²) in [7, 11) is 2.56. The van der Waals surface area contributed by atoms with Crippen LogP contribution in [-0.2, 0) is 35.1 Å². The Morgan fingerprint density at radius 3 is 2.17 bits per heavy atom. The molecule has 16 nitrogen and oxygen atoms in total. The third-order valence-electron chi connectivity index (χ3n) is 11.2. The molecule has 16 heteroatoms. The number of alkyl carbamates (subject to hydrolysis) is 2. The van der Waals surface area contributed by atoms with Gasteiger partial charge in [0.05, 0.1) is 50.6 Å². The van der Waals surface area contributed by atoms with Gasteiger partial charge in [0.1, 0.15) is 23.9 Å². The van der Waals surface area contributed by atoms with Crippen LogP contribution >= 0.6 is 0 Å². The van der Waals surface area contributed by atoms with E-state index in [4.69, 9.17) is 28.3 Å². The van der Waals surface area contributed by atoms with Gasteiger partial charge in [0.15, 0.2) is 5.76 Å². The van der Waals surface area contributed by atoms with Crippen LogP contribution in [0.3, 0.4) is 0 Å². The molecule has 3 aliphatic heterocycles. The number of fused-ring (bicyclic) bond motifs is 6. The van der Waals surface area contributed by atoms with Gasteiger partial charge in [0.25, 0.3) is 0 Å². The predicted molar refractivity (Wildman–Crippen MR) is 212 cm³/mol. The Morgan fingerprint density at radius 1 is 0.845 bits per heavy atom. The number of nitrogens with zero attached hydrogens (tertiary/aromatic N) is 4. The topological polar surface area (TPSA) is 190 Å². The molecule has 7 rings (SSSR count). The number of carbonyl (C=O) groups is 4. The molecular weight excluding hydrogens is 747 g/mol. The molecule has 2 fully saturated rings. The number of aromatic amines is 1. The van der Waals surface area contributed by atoms with Gasteiger partial charge < -0.3 is 48.8 Å². The summed E-state index contributed by atoms with van der Waals surface area (Å²) in [6.45, 7) is 9.77. The Kier molecular flexibility index (Phi) is 12.3. The summed E-state index contributed by atoms with van der Waals surface area (Å²) in [5, 5.41) is 7.37. The zero-order chi connectivity index (χ0) is 41.1. The minimum Gasteiger partial charge on any atom is -0.453 e. The number of hydrogen-bond acceptors (Lipinski definition) is 11. The monoisotopic (exact) mass is 799 g/mol. The van der Waals surface area contributed by atoms with E-state index in [1.165, 1.54) is 14.2 Å². The van der Waals surface area contributed by atoms with Crippen molar-refractivity contribution in [3.63, 3.8) is 0 Å². The summed E-state index contributed by atoms with van der Waals surface area (Å²) < 4.78 is 28.1. The van der Waals surface area contributed by atoms with Crippen LogP contribution in [0.15, 0.2) is 47.0 Å². The number of ether oxygens (including phenoxy) is 4. The van der Waals surface area contributed by atoms with Crippen LogP contribution in [0.1, 0.15) is 82.9 Å². The lowest BCUT2D eigenvalue weighted by Crippen LogP contribution is -2.51. The maximum absolute atomic E-state index is 14.1. The Labute approximate surface area is 337 Å². The molecule has 5 heterocycles. The molecule has 4 bridgehead atoms. The highest BCUT2D eigenvalue weighted by Gasteiger charge is 2.43. The molecule has 58 heavy (non-hydrogen) atoms. The first-order chi connectivity index (χ1) is 27.9. The summed E-state index contributed by atoms with van der Waals surface area (Å²) in [6, 6.07) is 9.93. The second kappa shape index (κ2) is 17.6. The lowest BCUT2D eigenvalue weighted by atomic mass is 10.0. The summed E-state index contributed by atoms with van der Waals surface area (Å²) in [5.74, 6) is 0.942. The van der Waals surface area contributed by atoms with Crippen molar-refractivity contribution in [1.82, 2.24) is 35.4 Å². The maximum atomic E-state index is 14.1. The van der Waals surface area contributed by atoms with E-state index in [-0.39, 0.29) is 35.8 Å². The molecule has 0 spiro atoms. The number of methoxy groups -OCH3 is 2. The highest BCUT2D eigenvalue weighted by atomic mass is 16.5. The van der Waals surface area contributed by atoms with Crippen molar-refractivity contribution < 1.29 is 42.5 Å². The smallest absolute Gasteiger partial charge is 0.407 e. The van der Waals surface area contributed by atoms with Crippen molar-refractivity contribution in [1.29, 1.82) is 0 Å². The lowest BCUT2D eigenvalue weighted by molar-refractivity contribution is -0.136. The number of H-pyrrole nitrogens is 1. The average molecular weight is 800 g/mol. The van der Waals surface area contributed by atoms with E-state index in [0.29, 0.717) is 69.6 Å². The quantitative estimate of drug-likeness (QED) is 0.183. The SMILES string of the molecule is COC(=O)N[C@H](C(=O)N1C[C@@H]2C[C@H]1c1nc(-c3ccc4cc(-c5cnc([C@@H]6CCCN6C(=O)[C@H](NC(=O)OC)C(C)C)o5)ccc4c3)c([nH]1)COCCCO2)C(C)C. The zero-order valence-corrected chi connectivity index (χ0v) is 33.9. The summed E-state index contributed by atoms with van der Waals surface area (Å²) >= 11 is 0. The molecular formula is C42H53N7O9. The van der Waals surface area contributed by atoms with Gasteiger partial charge in [-0.25, -0.2) is 19.6 Å². The molecule has 5 atom stereocenters. The van der Waals surface area contributed by atoms with Crippen LogP contribution in [0.2, 0.25) is 0 Å². The van der Waals surface area contributed by atoms with Gasteiger partial charge in [-0.15, -0.1) is 0 Å². The van der Waals surface area contributed by atoms with Crippen LogP contribution < -0.4 is 10.6 Å². The van der Waals surface area contributed by atoms with Gasteiger partial charge in [-0.1, -0.05) is 52.0 Å². The first-order valence-corrected chi connectivity index (χ1v) is 20.0. The van der Waals surface area contributed by atoms with Gasteiger partial charge in [-0.05, 0) is 54.0 Å². The highest BCUT2D eigenvalue weighted by molar-refractivity contribution is 5.90. The third-order valence-corrected chi connectivity index (χ3v) is 11.2. The molecule has 0 radical (unpaired) electrons. The van der Waals surface area contributed by atoms with Gasteiger partial charge in [-0.2, -0.15) is 0 Å². The average Bonchev–Trinajstić information content (AvgIpc) is 4.05. The van der Waals surface area contributed by atoms with E-state index >= 15 is 0 Å². The fourth-order valence-electron chi connectivity index (χ4n) is 8.10. The number of oxazole rings is 1. The molecule has 2 aromatic heterocycles. The van der Waals surface area contributed by atoms with E-state index in [1.54, 1.807) is 16.0 Å². The van der Waals surface area contributed by atoms with Gasteiger partial charge >= 0.3 is 12.2 Å². The number of aromatic nitrogens is 3. The van der Waals surface area contributed by atoms with E-state index in [1.807, 2.05) is 58.0 Å². The van der Waals surface area contributed by atoms with Crippen molar-refractivity contribution in [3.05, 3.63) is 60.0 Å². The molecule has 0 unspecified atom stereocenters. The van der Waals surface area contributed by atoms with Crippen LogP contribution in [0.25, 0.3) is 33.4 Å². The lowest BCUT2D eigenvalue weighted by Gasteiger charge is -2.29. The minimum absolute atomic E-state index is 0.141. The maximum Gasteiger partial charge on any atom is 0.407 e. The number of imidazole rings is 1. The Bertz CT molecular complexity index is 2130. The Balaban J connectivity index is 1.13. The first-order valence-electron chi connectivity index (χ1n) is 20.0. The van der Waals surface area contributed by atoms with Crippen LogP contribution in [0.5, 0.6) is 0 Å². The molecule has 2 saturated heterocycles. The highest BCUT2D eigenvalue weighted by Crippen LogP contribution is 2.38. The first kappa shape index (κ1) is 40.7. The minimum atomic E-state index is -0.781. The van der Waals surface area contributed by atoms with Gasteiger partial charge in [-0.3, -0.25) is 9.59 Å². The molecule has 2 aromatic carbocycles. The molecule has 4 amide bonds. The molecule has 4 aromatic rings. The van der Waals surface area contributed by atoms with Crippen molar-refractivity contribution >= 4 is 34.8 Å². The second-order valence-corrected chi connectivity index (χ2v) is 15.8. The summed E-state index contributed by atoms with van der Waals surface area (Å²) in [6.07, 6.45) is 2.94. The third kappa shape index (κ3) is 8.53. The molecule has 3 N–H and O–H groups in total. The van der Waals surface area contributed by atoms with E-state index in [0.717, 1.165) is 39.7 Å². The fraction of sp³-hybridized carbons (Fsp3) is 0.524. The zero-order valence-electron chi connectivity index (χ0n) is 33.9. The Hall–Kier alpha value is -5.48. The number of carbonyl (C=O) groups excluding carboxylic acids is 4. The van der Waals surface area contributed by atoms with Gasteiger partial charge in [0.2, 0.25) is 17.7 Å². The number of benzene rings is 2. The number of rotatable bonds is 9. The van der Waals surface area contributed by atoms with Crippen LogP contribution in [0.4, 0.5) is 9.59 Å². The number of hydrogen-bond donors (Lipinski definition) is 3. The molecule has 0 saturated carbocycles. The summed E-state index contributed by atoms with van der Waals surface area (Å²) in [4.78, 5) is 68.6. The largest absolute Gasteiger partial charge is 0.453 e. The number of likely N-dealkylation sites (tertiary alicyclic amines) is 2. The summed E-state index contributed by atoms with van der Waals surface area (Å²) in [5.41, 5.74) is 3.28. The van der Waals surface area contributed by atoms with E-state index in [9.17, 15) is 19.2 Å². The Morgan fingerprint density at radius 2 is 1.50 bits per heavy atom. The van der Waals surface area contributed by atoms with Crippen molar-refractivity contribution in [3.8, 4) is 22.6 Å². The van der Waals surface area contributed by atoms with Crippen molar-refractivity contribution in [2.75, 3.05) is 40.5 Å². The van der Waals surface area contributed by atoms with E-state index < -0.39 is 30.3 Å². The van der Waals surface area contributed by atoms with Crippen molar-refractivity contribution in [2.24, 2.45) is 11.8 Å². The van der Waals surface area contributed by atoms with Gasteiger partial charge in [0, 0.05) is 43.9 Å². The molecule has 3 aliphatic rings. The number of nitrogens with one attached hydrogen (secondary N) is 3. The van der Waals surface area contributed by atoms with E-state index in [2.05, 4.69) is 26.7 Å². The molecule has 310 valence electrons. The van der Waals surface area contributed by atoms with Crippen molar-refractivity contribution in [2.45, 2.75) is 90.3 Å². The second-order valence-electron chi connectivity index (χ2n) is 15.8.